The second-order valence-electron chi connectivity index (χ2n) is 10.5. The monoisotopic (exact) mass is 484 g/mol. The summed E-state index contributed by atoms with van der Waals surface area (Å²) in [7, 11) is 0. The zero-order valence-corrected chi connectivity index (χ0v) is 23.8. The van der Waals surface area contributed by atoms with Gasteiger partial charge in [-0.25, -0.2) is 4.79 Å². The smallest absolute Gasteiger partial charge is 0.366 e. The maximum Gasteiger partial charge on any atom is 0.366 e. The van der Waals surface area contributed by atoms with Gasteiger partial charge in [-0.3, -0.25) is 0 Å². The average molecular weight is 485 g/mol. The van der Waals surface area contributed by atoms with Crippen LogP contribution in [0.25, 0.3) is 0 Å². The lowest BCUT2D eigenvalue weighted by Gasteiger charge is -2.28. The standard InChI is InChI=1S/C30H60O4/c1-6-8-10-12-14-16-18-20-22-24-26-32-30(5,29(31)34-28(3)4)33-27-25-23-21-19-17-15-13-11-9-7-2/h28H,6-27H2,1-5H3. The van der Waals surface area contributed by atoms with Crippen LogP contribution in [0, 0.1) is 0 Å². The Bertz CT molecular complexity index is 410. The lowest BCUT2D eigenvalue weighted by atomic mass is 10.1. The molecule has 0 rings (SSSR count). The zero-order valence-electron chi connectivity index (χ0n) is 23.8. The molecule has 0 unspecified atom stereocenters. The minimum atomic E-state index is -1.29. The number of esters is 1. The molecule has 0 saturated carbocycles. The van der Waals surface area contributed by atoms with E-state index in [-0.39, 0.29) is 6.10 Å². The van der Waals surface area contributed by atoms with E-state index in [1.165, 1.54) is 103 Å². The molecule has 0 aliphatic rings. The van der Waals surface area contributed by atoms with Crippen molar-refractivity contribution in [3.63, 3.8) is 0 Å². The molecule has 0 saturated heterocycles. The summed E-state index contributed by atoms with van der Waals surface area (Å²) in [6.45, 7) is 11.1. The van der Waals surface area contributed by atoms with Gasteiger partial charge < -0.3 is 14.2 Å². The van der Waals surface area contributed by atoms with Crippen molar-refractivity contribution >= 4 is 5.97 Å². The van der Waals surface area contributed by atoms with Gasteiger partial charge in [0.05, 0.1) is 19.3 Å². The molecule has 204 valence electrons. The predicted molar refractivity (Wildman–Crippen MR) is 145 cm³/mol. The number of carbonyl (C=O) groups excluding carboxylic acids is 1. The molecule has 0 aliphatic carbocycles. The van der Waals surface area contributed by atoms with E-state index >= 15 is 0 Å². The third-order valence-corrected chi connectivity index (χ3v) is 6.46. The first-order chi connectivity index (χ1) is 16.5. The van der Waals surface area contributed by atoms with Crippen LogP contribution in [0.1, 0.15) is 163 Å². The van der Waals surface area contributed by atoms with Crippen LogP contribution in [0.3, 0.4) is 0 Å². The van der Waals surface area contributed by atoms with E-state index in [9.17, 15) is 4.79 Å². The Morgan fingerprint density at radius 2 is 0.853 bits per heavy atom. The van der Waals surface area contributed by atoms with Crippen LogP contribution < -0.4 is 0 Å². The molecule has 34 heavy (non-hydrogen) atoms. The summed E-state index contributed by atoms with van der Waals surface area (Å²) in [5.41, 5.74) is 0. The molecule has 0 fully saturated rings. The Morgan fingerprint density at radius 1 is 0.559 bits per heavy atom. The number of rotatable bonds is 26. The molecule has 0 N–H and O–H groups in total. The average Bonchev–Trinajstić information content (AvgIpc) is 2.80. The minimum absolute atomic E-state index is 0.173. The first kappa shape index (κ1) is 33.4. The molecule has 0 spiro atoms. The van der Waals surface area contributed by atoms with Crippen LogP contribution in [0.5, 0.6) is 0 Å². The fraction of sp³-hybridized carbons (Fsp3) is 0.967. The third-order valence-electron chi connectivity index (χ3n) is 6.46. The van der Waals surface area contributed by atoms with Gasteiger partial charge in [-0.1, -0.05) is 129 Å². The number of carbonyl (C=O) groups is 1. The van der Waals surface area contributed by atoms with Crippen LogP contribution >= 0.6 is 0 Å². The van der Waals surface area contributed by atoms with E-state index in [1.807, 2.05) is 13.8 Å². The topological polar surface area (TPSA) is 44.8 Å². The van der Waals surface area contributed by atoms with Crippen molar-refractivity contribution in [1.29, 1.82) is 0 Å². The Kier molecular flexibility index (Phi) is 23.7. The van der Waals surface area contributed by atoms with E-state index in [0.717, 1.165) is 25.7 Å². The first-order valence-corrected chi connectivity index (χ1v) is 14.9. The molecule has 0 aromatic carbocycles. The van der Waals surface area contributed by atoms with Crippen LogP contribution in [0.15, 0.2) is 0 Å². The van der Waals surface area contributed by atoms with Crippen molar-refractivity contribution in [1.82, 2.24) is 0 Å². The molecular formula is C30H60O4. The van der Waals surface area contributed by atoms with Gasteiger partial charge in [-0.15, -0.1) is 0 Å². The number of unbranched alkanes of at least 4 members (excludes halogenated alkanes) is 18. The second-order valence-corrected chi connectivity index (χ2v) is 10.5. The highest BCUT2D eigenvalue weighted by molar-refractivity contribution is 5.77. The summed E-state index contributed by atoms with van der Waals surface area (Å²) < 4.78 is 17.3. The van der Waals surface area contributed by atoms with E-state index in [1.54, 1.807) is 6.92 Å². The van der Waals surface area contributed by atoms with Gasteiger partial charge in [0.15, 0.2) is 0 Å². The van der Waals surface area contributed by atoms with Crippen molar-refractivity contribution in [3.05, 3.63) is 0 Å². The normalized spacial score (nSPS) is 11.9. The number of hydrogen-bond acceptors (Lipinski definition) is 4. The van der Waals surface area contributed by atoms with Gasteiger partial charge >= 0.3 is 5.97 Å². The first-order valence-electron chi connectivity index (χ1n) is 14.9. The molecule has 0 bridgehead atoms. The van der Waals surface area contributed by atoms with Crippen molar-refractivity contribution in [2.24, 2.45) is 0 Å². The Hall–Kier alpha value is -0.610. The van der Waals surface area contributed by atoms with E-state index < -0.39 is 11.8 Å². The van der Waals surface area contributed by atoms with Crippen molar-refractivity contribution in [3.8, 4) is 0 Å². The molecule has 0 heterocycles. The quantitative estimate of drug-likeness (QED) is 0.0696. The number of ether oxygens (including phenoxy) is 3. The van der Waals surface area contributed by atoms with Gasteiger partial charge in [-0.2, -0.15) is 0 Å². The summed E-state index contributed by atoms with van der Waals surface area (Å²) in [5, 5.41) is 0. The summed E-state index contributed by atoms with van der Waals surface area (Å²) >= 11 is 0. The summed E-state index contributed by atoms with van der Waals surface area (Å²) in [6.07, 6.45) is 25.4. The molecule has 0 aromatic heterocycles. The number of hydrogen-bond donors (Lipinski definition) is 0. The maximum absolute atomic E-state index is 12.6. The van der Waals surface area contributed by atoms with Gasteiger partial charge in [0, 0.05) is 6.92 Å². The molecule has 0 aromatic rings. The highest BCUT2D eigenvalue weighted by Gasteiger charge is 2.37. The molecule has 0 atom stereocenters. The largest absolute Gasteiger partial charge is 0.459 e. The molecule has 0 radical (unpaired) electrons. The molecular weight excluding hydrogens is 424 g/mol. The summed E-state index contributed by atoms with van der Waals surface area (Å²) in [5.74, 6) is -1.69. The fourth-order valence-corrected chi connectivity index (χ4v) is 4.19. The van der Waals surface area contributed by atoms with Gasteiger partial charge in [0.25, 0.3) is 5.79 Å². The van der Waals surface area contributed by atoms with Gasteiger partial charge in [0.2, 0.25) is 0 Å². The predicted octanol–water partition coefficient (Wildman–Crippen LogP) is 9.53. The molecule has 0 aliphatic heterocycles. The highest BCUT2D eigenvalue weighted by Crippen LogP contribution is 2.19. The van der Waals surface area contributed by atoms with Crippen LogP contribution in [0.4, 0.5) is 0 Å². The highest BCUT2D eigenvalue weighted by atomic mass is 16.7. The van der Waals surface area contributed by atoms with Crippen molar-refractivity contribution in [2.45, 2.75) is 175 Å². The van der Waals surface area contributed by atoms with E-state index in [0.29, 0.717) is 13.2 Å². The summed E-state index contributed by atoms with van der Waals surface area (Å²) in [4.78, 5) is 12.6. The lowest BCUT2D eigenvalue weighted by Crippen LogP contribution is -2.44. The fourth-order valence-electron chi connectivity index (χ4n) is 4.19. The Labute approximate surface area is 213 Å². The third kappa shape index (κ3) is 20.7. The summed E-state index contributed by atoms with van der Waals surface area (Å²) in [6, 6.07) is 0. The Balaban J connectivity index is 3.99. The van der Waals surface area contributed by atoms with E-state index in [2.05, 4.69) is 13.8 Å². The van der Waals surface area contributed by atoms with Crippen molar-refractivity contribution < 1.29 is 19.0 Å². The second kappa shape index (κ2) is 24.1. The van der Waals surface area contributed by atoms with Crippen LogP contribution in [-0.2, 0) is 19.0 Å². The minimum Gasteiger partial charge on any atom is -0.459 e. The van der Waals surface area contributed by atoms with Crippen LogP contribution in [0.2, 0.25) is 0 Å². The molecule has 0 amide bonds. The SMILES string of the molecule is CCCCCCCCCCCCOC(C)(OCCCCCCCCCCCC)C(=O)OC(C)C. The van der Waals surface area contributed by atoms with E-state index in [4.69, 9.17) is 14.2 Å². The van der Waals surface area contributed by atoms with Gasteiger partial charge in [0.1, 0.15) is 0 Å². The van der Waals surface area contributed by atoms with Gasteiger partial charge in [-0.05, 0) is 26.7 Å². The maximum atomic E-state index is 12.6. The zero-order chi connectivity index (χ0) is 25.3. The van der Waals surface area contributed by atoms with Crippen LogP contribution in [-0.4, -0.2) is 31.1 Å². The lowest BCUT2D eigenvalue weighted by molar-refractivity contribution is -0.244. The van der Waals surface area contributed by atoms with Crippen molar-refractivity contribution in [2.75, 3.05) is 13.2 Å². The Morgan fingerprint density at radius 3 is 1.15 bits per heavy atom. The molecule has 4 nitrogen and oxygen atoms in total. The molecule has 4 heteroatoms.